The summed E-state index contributed by atoms with van der Waals surface area (Å²) in [6.07, 6.45) is 1.51. The molecule has 2 heterocycles. The van der Waals surface area contributed by atoms with Crippen molar-refractivity contribution in [3.8, 4) is 17.0 Å². The van der Waals surface area contributed by atoms with Crippen LogP contribution in [0, 0.1) is 0 Å². The molecule has 0 aliphatic carbocycles. The number of carbonyl (C=O) groups excluding carboxylic acids is 2. The third-order valence-corrected chi connectivity index (χ3v) is 5.31. The predicted molar refractivity (Wildman–Crippen MR) is 108 cm³/mol. The number of fused-ring (bicyclic) bond motifs is 1. The van der Waals surface area contributed by atoms with Crippen molar-refractivity contribution in [1.82, 2.24) is 9.97 Å². The second-order valence-corrected chi connectivity index (χ2v) is 7.64. The molecule has 0 bridgehead atoms. The summed E-state index contributed by atoms with van der Waals surface area (Å²) in [5.74, 6) is 0.293. The number of carbonyl (C=O) groups is 2. The Labute approximate surface area is 166 Å². The monoisotopic (exact) mass is 391 g/mol. The van der Waals surface area contributed by atoms with Crippen molar-refractivity contribution in [2.24, 2.45) is 0 Å². The van der Waals surface area contributed by atoms with Gasteiger partial charge in [-0.05, 0) is 31.2 Å². The van der Waals surface area contributed by atoms with E-state index in [0.717, 1.165) is 16.3 Å². The first-order valence-electron chi connectivity index (χ1n) is 8.75. The molecule has 1 atom stereocenters. The lowest BCUT2D eigenvalue weighted by Crippen LogP contribution is -2.25. The molecule has 1 aliphatic rings. The molecule has 4 rings (SSSR count). The van der Waals surface area contributed by atoms with Crippen LogP contribution in [-0.4, -0.2) is 33.5 Å². The van der Waals surface area contributed by atoms with Crippen molar-refractivity contribution < 1.29 is 14.3 Å². The normalized spacial score (nSPS) is 13.8. The van der Waals surface area contributed by atoms with Crippen LogP contribution in [-0.2, 0) is 4.79 Å². The first-order chi connectivity index (χ1) is 13.6. The van der Waals surface area contributed by atoms with E-state index in [1.807, 2.05) is 43.3 Å². The van der Waals surface area contributed by atoms with Crippen LogP contribution in [0.5, 0.6) is 5.75 Å². The summed E-state index contributed by atoms with van der Waals surface area (Å²) in [6.45, 7) is 1.83. The summed E-state index contributed by atoms with van der Waals surface area (Å²) in [5, 5.41) is 3.10. The summed E-state index contributed by atoms with van der Waals surface area (Å²) in [5.41, 5.74) is 2.84. The number of nitrogens with zero attached hydrogens (tertiary/aromatic N) is 2. The minimum absolute atomic E-state index is 0.00991. The molecule has 28 heavy (non-hydrogen) atoms. The van der Waals surface area contributed by atoms with E-state index >= 15 is 0 Å². The van der Waals surface area contributed by atoms with Gasteiger partial charge < -0.3 is 10.1 Å². The number of ether oxygens (including phenoxy) is 1. The van der Waals surface area contributed by atoms with Gasteiger partial charge in [0.2, 0.25) is 0 Å². The lowest BCUT2D eigenvalue weighted by molar-refractivity contribution is -0.118. The molecule has 3 aromatic rings. The number of nitrogens with one attached hydrogen (secondary N) is 1. The Morgan fingerprint density at radius 2 is 1.96 bits per heavy atom. The van der Waals surface area contributed by atoms with Crippen LogP contribution in [0.4, 0.5) is 5.69 Å². The zero-order chi connectivity index (χ0) is 19.5. The third kappa shape index (κ3) is 3.89. The molecule has 1 amide bonds. The van der Waals surface area contributed by atoms with Crippen LogP contribution >= 0.6 is 11.8 Å². The number of Topliss-reactive ketones (excluding diaryl/α,β-unsaturated/α-hetero) is 1. The van der Waals surface area contributed by atoms with Gasteiger partial charge >= 0.3 is 0 Å². The molecule has 0 spiro atoms. The lowest BCUT2D eigenvalue weighted by atomic mass is 10.1. The number of amides is 1. The number of hydrogen-bond acceptors (Lipinski definition) is 6. The maximum atomic E-state index is 12.9. The Hall–Kier alpha value is -3.19. The van der Waals surface area contributed by atoms with Crippen LogP contribution < -0.4 is 10.1 Å². The summed E-state index contributed by atoms with van der Waals surface area (Å²) >= 11 is 1.37. The minimum Gasteiger partial charge on any atom is -0.482 e. The fraction of sp³-hybridized carbons (Fsp3) is 0.143. The number of rotatable bonds is 5. The first kappa shape index (κ1) is 18.2. The molecule has 1 N–H and O–H groups in total. The van der Waals surface area contributed by atoms with Gasteiger partial charge in [0.1, 0.15) is 17.1 Å². The van der Waals surface area contributed by atoms with Crippen molar-refractivity contribution >= 4 is 29.1 Å². The average Bonchev–Trinajstić information content (AvgIpc) is 2.73. The van der Waals surface area contributed by atoms with Gasteiger partial charge in [-0.3, -0.25) is 9.59 Å². The number of thioether (sulfide) groups is 1. The zero-order valence-corrected chi connectivity index (χ0v) is 15.9. The largest absolute Gasteiger partial charge is 0.482 e. The average molecular weight is 391 g/mol. The van der Waals surface area contributed by atoms with E-state index in [1.165, 1.54) is 18.1 Å². The molecule has 0 radical (unpaired) electrons. The fourth-order valence-corrected chi connectivity index (χ4v) is 3.77. The van der Waals surface area contributed by atoms with E-state index in [0.29, 0.717) is 17.0 Å². The lowest BCUT2D eigenvalue weighted by Gasteiger charge is -2.19. The van der Waals surface area contributed by atoms with Crippen molar-refractivity contribution in [3.05, 3.63) is 66.5 Å². The van der Waals surface area contributed by atoms with Crippen molar-refractivity contribution in [1.29, 1.82) is 0 Å². The molecule has 2 aromatic carbocycles. The van der Waals surface area contributed by atoms with Gasteiger partial charge in [-0.25, -0.2) is 9.97 Å². The van der Waals surface area contributed by atoms with E-state index in [2.05, 4.69) is 15.3 Å². The van der Waals surface area contributed by atoms with Crippen LogP contribution in [0.25, 0.3) is 11.3 Å². The zero-order valence-electron chi connectivity index (χ0n) is 15.1. The molecule has 7 heteroatoms. The second kappa shape index (κ2) is 7.82. The van der Waals surface area contributed by atoms with E-state index in [9.17, 15) is 9.59 Å². The smallest absolute Gasteiger partial charge is 0.262 e. The Bertz CT molecular complexity index is 1040. The fourth-order valence-electron chi connectivity index (χ4n) is 2.88. The van der Waals surface area contributed by atoms with Crippen LogP contribution in [0.1, 0.15) is 17.3 Å². The van der Waals surface area contributed by atoms with Crippen molar-refractivity contribution in [2.45, 2.75) is 17.2 Å². The Morgan fingerprint density at radius 1 is 1.14 bits per heavy atom. The molecule has 0 saturated heterocycles. The maximum absolute atomic E-state index is 12.9. The number of ketones is 1. The molecular formula is C21H17N3O3S. The number of benzene rings is 2. The molecule has 6 nitrogen and oxygen atoms in total. The molecule has 0 saturated carbocycles. The van der Waals surface area contributed by atoms with Crippen molar-refractivity contribution in [2.75, 3.05) is 11.9 Å². The van der Waals surface area contributed by atoms with Gasteiger partial charge in [0.05, 0.1) is 16.6 Å². The molecule has 0 fully saturated rings. The summed E-state index contributed by atoms with van der Waals surface area (Å²) in [6, 6.07) is 16.8. The quantitative estimate of drug-likeness (QED) is 0.404. The van der Waals surface area contributed by atoms with Gasteiger partial charge in [0.15, 0.2) is 12.4 Å². The highest BCUT2D eigenvalue weighted by atomic mass is 32.2. The Morgan fingerprint density at radius 3 is 2.79 bits per heavy atom. The highest BCUT2D eigenvalue weighted by Crippen LogP contribution is 2.31. The van der Waals surface area contributed by atoms with Gasteiger partial charge in [-0.2, -0.15) is 0 Å². The predicted octanol–water partition coefficient (Wildman–Crippen LogP) is 3.84. The van der Waals surface area contributed by atoms with E-state index < -0.39 is 0 Å². The maximum Gasteiger partial charge on any atom is 0.262 e. The van der Waals surface area contributed by atoms with Gasteiger partial charge in [-0.1, -0.05) is 42.1 Å². The van der Waals surface area contributed by atoms with Crippen LogP contribution in [0.2, 0.25) is 0 Å². The molecular weight excluding hydrogens is 374 g/mol. The van der Waals surface area contributed by atoms with Crippen LogP contribution in [0.3, 0.4) is 0 Å². The standard InChI is InChI=1S/C21H17N3O3S/c1-13(21(26)15-7-8-18-17(9-15)24-19(25)11-27-18)28-20-10-16(22-12-23-20)14-5-3-2-4-6-14/h2-10,12-13H,11H2,1H3,(H,24,25)/t13-/m1/s1. The van der Waals surface area contributed by atoms with Gasteiger partial charge in [-0.15, -0.1) is 0 Å². The number of hydrogen-bond donors (Lipinski definition) is 1. The molecule has 1 aromatic heterocycles. The van der Waals surface area contributed by atoms with E-state index in [4.69, 9.17) is 4.74 Å². The summed E-state index contributed by atoms with van der Waals surface area (Å²) in [7, 11) is 0. The van der Waals surface area contributed by atoms with Gasteiger partial charge in [0, 0.05) is 11.1 Å². The minimum atomic E-state index is -0.350. The number of aromatic nitrogens is 2. The van der Waals surface area contributed by atoms with E-state index in [1.54, 1.807) is 18.2 Å². The Balaban J connectivity index is 1.51. The molecule has 0 unspecified atom stereocenters. The molecule has 140 valence electrons. The third-order valence-electron chi connectivity index (χ3n) is 4.28. The second-order valence-electron chi connectivity index (χ2n) is 6.28. The number of anilines is 1. The topological polar surface area (TPSA) is 81.2 Å². The van der Waals surface area contributed by atoms with E-state index in [-0.39, 0.29) is 23.5 Å². The summed E-state index contributed by atoms with van der Waals surface area (Å²) < 4.78 is 5.34. The summed E-state index contributed by atoms with van der Waals surface area (Å²) in [4.78, 5) is 32.9. The van der Waals surface area contributed by atoms with Gasteiger partial charge in [0.25, 0.3) is 5.91 Å². The molecule has 1 aliphatic heterocycles. The Kier molecular flexibility index (Phi) is 5.08. The highest BCUT2D eigenvalue weighted by molar-refractivity contribution is 8.00. The van der Waals surface area contributed by atoms with Crippen LogP contribution in [0.15, 0.2) is 66.0 Å². The SMILES string of the molecule is C[C@@H](Sc1cc(-c2ccccc2)ncn1)C(=O)c1ccc2c(c1)NC(=O)CO2. The first-order valence-corrected chi connectivity index (χ1v) is 9.63. The van der Waals surface area contributed by atoms with Crippen molar-refractivity contribution in [3.63, 3.8) is 0 Å². The highest BCUT2D eigenvalue weighted by Gasteiger charge is 2.21.